The van der Waals surface area contributed by atoms with Crippen molar-refractivity contribution in [2.24, 2.45) is 5.92 Å². The molecule has 2 aliphatic heterocycles. The fraction of sp³-hybridized carbons (Fsp3) is 0.529. The first kappa shape index (κ1) is 14.9. The van der Waals surface area contributed by atoms with E-state index in [1.165, 1.54) is 6.07 Å². The van der Waals surface area contributed by atoms with E-state index in [-0.39, 0.29) is 30.2 Å². The predicted molar refractivity (Wildman–Crippen MR) is 78.6 cm³/mol. The zero-order valence-electron chi connectivity index (χ0n) is 13.1. The summed E-state index contributed by atoms with van der Waals surface area (Å²) in [6.45, 7) is 6.11. The van der Waals surface area contributed by atoms with Crippen LogP contribution in [0.2, 0.25) is 0 Å². The molecule has 1 aromatic carbocycles. The molecular formula is C17H20O5. The summed E-state index contributed by atoms with van der Waals surface area (Å²) in [7, 11) is 0. The van der Waals surface area contributed by atoms with Crippen molar-refractivity contribution in [2.75, 3.05) is 0 Å². The van der Waals surface area contributed by atoms with Gasteiger partial charge >= 0.3 is 11.9 Å². The minimum Gasteiger partial charge on any atom is -0.508 e. The average Bonchev–Trinajstić information content (AvgIpc) is 2.99. The van der Waals surface area contributed by atoms with Crippen molar-refractivity contribution in [2.45, 2.75) is 52.2 Å². The average molecular weight is 304 g/mol. The smallest absolute Gasteiger partial charge is 0.339 e. The fourth-order valence-electron chi connectivity index (χ4n) is 3.31. The first-order valence-electron chi connectivity index (χ1n) is 7.55. The number of carbonyl (C=O) groups is 2. The van der Waals surface area contributed by atoms with Crippen molar-refractivity contribution >= 4 is 11.9 Å². The second-order valence-corrected chi connectivity index (χ2v) is 6.49. The number of esters is 2. The third kappa shape index (κ3) is 2.25. The summed E-state index contributed by atoms with van der Waals surface area (Å²) < 4.78 is 10.5. The second kappa shape index (κ2) is 5.00. The highest BCUT2D eigenvalue weighted by atomic mass is 16.6. The number of hydrogen-bond donors (Lipinski definition) is 1. The highest BCUT2D eigenvalue weighted by Crippen LogP contribution is 2.39. The van der Waals surface area contributed by atoms with E-state index < -0.39 is 5.60 Å². The van der Waals surface area contributed by atoms with Crippen molar-refractivity contribution < 1.29 is 24.2 Å². The van der Waals surface area contributed by atoms with Crippen LogP contribution in [-0.4, -0.2) is 22.6 Å². The van der Waals surface area contributed by atoms with Crippen molar-refractivity contribution in [3.63, 3.8) is 0 Å². The molecule has 3 rings (SSSR count). The van der Waals surface area contributed by atoms with Gasteiger partial charge in [0.05, 0.1) is 5.56 Å². The molecule has 0 spiro atoms. The van der Waals surface area contributed by atoms with Crippen LogP contribution in [0, 0.1) is 12.8 Å². The van der Waals surface area contributed by atoms with Gasteiger partial charge in [-0.1, -0.05) is 6.92 Å². The van der Waals surface area contributed by atoms with Gasteiger partial charge < -0.3 is 14.6 Å². The van der Waals surface area contributed by atoms with Crippen molar-refractivity contribution in [1.82, 2.24) is 0 Å². The number of fused-ring (bicyclic) bond motifs is 1. The number of ether oxygens (including phenoxy) is 2. The molecule has 2 atom stereocenters. The third-order valence-corrected chi connectivity index (χ3v) is 5.11. The molecule has 2 aliphatic rings. The Labute approximate surface area is 129 Å². The van der Waals surface area contributed by atoms with E-state index in [0.29, 0.717) is 24.8 Å². The van der Waals surface area contributed by atoms with Crippen LogP contribution in [0.15, 0.2) is 6.07 Å². The van der Waals surface area contributed by atoms with Crippen LogP contribution in [0.5, 0.6) is 5.75 Å². The van der Waals surface area contributed by atoms with Crippen LogP contribution in [0.1, 0.15) is 53.7 Å². The molecule has 0 aliphatic carbocycles. The van der Waals surface area contributed by atoms with Crippen molar-refractivity contribution in [3.05, 3.63) is 28.3 Å². The predicted octanol–water partition coefficient (Wildman–Crippen LogP) is 2.65. The van der Waals surface area contributed by atoms with E-state index in [1.807, 2.05) is 20.8 Å². The SMILES string of the molecule is Cc1c(C[C@H](C)[C@]2(C)CCC(=O)O2)c(O)cc2c1COC2=O. The fourth-order valence-corrected chi connectivity index (χ4v) is 3.31. The zero-order valence-corrected chi connectivity index (χ0v) is 13.1. The summed E-state index contributed by atoms with van der Waals surface area (Å²) >= 11 is 0. The quantitative estimate of drug-likeness (QED) is 0.869. The van der Waals surface area contributed by atoms with Gasteiger partial charge in [0.25, 0.3) is 0 Å². The molecule has 5 nitrogen and oxygen atoms in total. The zero-order chi connectivity index (χ0) is 16.1. The molecular weight excluding hydrogens is 284 g/mol. The van der Waals surface area contributed by atoms with E-state index >= 15 is 0 Å². The van der Waals surface area contributed by atoms with Gasteiger partial charge in [-0.05, 0) is 49.8 Å². The van der Waals surface area contributed by atoms with Crippen molar-refractivity contribution in [3.8, 4) is 5.75 Å². The first-order valence-corrected chi connectivity index (χ1v) is 7.55. The number of benzene rings is 1. The van der Waals surface area contributed by atoms with E-state index in [1.54, 1.807) is 0 Å². The molecule has 22 heavy (non-hydrogen) atoms. The molecule has 0 saturated carbocycles. The largest absolute Gasteiger partial charge is 0.508 e. The number of aromatic hydroxyl groups is 1. The molecule has 118 valence electrons. The number of carbonyl (C=O) groups excluding carboxylic acids is 2. The lowest BCUT2D eigenvalue weighted by Gasteiger charge is -2.30. The number of phenols is 1. The normalized spacial score (nSPS) is 24.9. The molecule has 1 fully saturated rings. The summed E-state index contributed by atoms with van der Waals surface area (Å²) in [4.78, 5) is 23.0. The van der Waals surface area contributed by atoms with Crippen LogP contribution >= 0.6 is 0 Å². The molecule has 1 N–H and O–H groups in total. The maximum Gasteiger partial charge on any atom is 0.339 e. The van der Waals surface area contributed by atoms with Gasteiger partial charge in [-0.15, -0.1) is 0 Å². The van der Waals surface area contributed by atoms with E-state index in [2.05, 4.69) is 0 Å². The number of hydrogen-bond acceptors (Lipinski definition) is 5. The monoisotopic (exact) mass is 304 g/mol. The standard InChI is InChI=1S/C17H20O5/c1-9(17(3)5-4-15(19)22-17)6-11-10(2)13-8-21-16(20)12(13)7-14(11)18/h7,9,18H,4-6,8H2,1-3H3/t9-,17-/m0/s1. The van der Waals surface area contributed by atoms with Crippen LogP contribution in [0.25, 0.3) is 0 Å². The van der Waals surface area contributed by atoms with Gasteiger partial charge in [0.15, 0.2) is 0 Å². The molecule has 0 bridgehead atoms. The lowest BCUT2D eigenvalue weighted by atomic mass is 9.81. The Morgan fingerprint density at radius 1 is 1.41 bits per heavy atom. The minimum absolute atomic E-state index is 0.0691. The Morgan fingerprint density at radius 3 is 2.77 bits per heavy atom. The lowest BCUT2D eigenvalue weighted by molar-refractivity contribution is -0.150. The third-order valence-electron chi connectivity index (χ3n) is 5.11. The Bertz CT molecular complexity index is 664. The number of cyclic esters (lactones) is 2. The van der Waals surface area contributed by atoms with Gasteiger partial charge in [0, 0.05) is 12.0 Å². The van der Waals surface area contributed by atoms with Gasteiger partial charge in [-0.3, -0.25) is 4.79 Å². The molecule has 2 heterocycles. The summed E-state index contributed by atoms with van der Waals surface area (Å²) in [5, 5.41) is 10.3. The first-order chi connectivity index (χ1) is 10.3. The molecule has 0 unspecified atom stereocenters. The van der Waals surface area contributed by atoms with Crippen LogP contribution in [0.4, 0.5) is 0 Å². The highest BCUT2D eigenvalue weighted by molar-refractivity contribution is 5.94. The molecule has 1 saturated heterocycles. The van der Waals surface area contributed by atoms with Crippen molar-refractivity contribution in [1.29, 1.82) is 0 Å². The molecule has 0 radical (unpaired) electrons. The maximum atomic E-state index is 11.6. The summed E-state index contributed by atoms with van der Waals surface area (Å²) in [6.07, 6.45) is 1.72. The summed E-state index contributed by atoms with van der Waals surface area (Å²) in [5.74, 6) is -0.373. The molecule has 5 heteroatoms. The number of phenolic OH excluding ortho intramolecular Hbond substituents is 1. The second-order valence-electron chi connectivity index (χ2n) is 6.49. The van der Waals surface area contributed by atoms with Gasteiger partial charge in [-0.2, -0.15) is 0 Å². The lowest BCUT2D eigenvalue weighted by Crippen LogP contribution is -2.34. The summed E-state index contributed by atoms with van der Waals surface area (Å²) in [5.41, 5.74) is 2.49. The van der Waals surface area contributed by atoms with E-state index in [9.17, 15) is 14.7 Å². The van der Waals surface area contributed by atoms with Crippen LogP contribution < -0.4 is 0 Å². The van der Waals surface area contributed by atoms with Crippen LogP contribution in [-0.2, 0) is 27.3 Å². The summed E-state index contributed by atoms with van der Waals surface area (Å²) in [6, 6.07) is 1.49. The maximum absolute atomic E-state index is 11.6. The van der Waals surface area contributed by atoms with Gasteiger partial charge in [0.1, 0.15) is 18.0 Å². The highest BCUT2D eigenvalue weighted by Gasteiger charge is 2.41. The van der Waals surface area contributed by atoms with E-state index in [0.717, 1.165) is 16.7 Å². The Morgan fingerprint density at radius 2 is 2.14 bits per heavy atom. The Kier molecular flexibility index (Phi) is 3.38. The molecule has 0 aromatic heterocycles. The van der Waals surface area contributed by atoms with E-state index in [4.69, 9.17) is 9.47 Å². The topological polar surface area (TPSA) is 72.8 Å². The molecule has 0 amide bonds. The Hall–Kier alpha value is -2.04. The Balaban J connectivity index is 1.90. The minimum atomic E-state index is -0.499. The van der Waals surface area contributed by atoms with Crippen LogP contribution in [0.3, 0.4) is 0 Å². The van der Waals surface area contributed by atoms with Gasteiger partial charge in [-0.25, -0.2) is 4.79 Å². The molecule has 1 aromatic rings. The van der Waals surface area contributed by atoms with Gasteiger partial charge in [0.2, 0.25) is 0 Å². The number of rotatable bonds is 3.